The molecule has 0 aliphatic rings. The first kappa shape index (κ1) is 15.2. The summed E-state index contributed by atoms with van der Waals surface area (Å²) >= 11 is 5.84. The highest BCUT2D eigenvalue weighted by atomic mass is 35.5. The van der Waals surface area contributed by atoms with E-state index in [-0.39, 0.29) is 18.8 Å². The largest absolute Gasteiger partial charge is 0.389 e. The van der Waals surface area contributed by atoms with E-state index >= 15 is 0 Å². The lowest BCUT2D eigenvalue weighted by molar-refractivity contribution is -0.135. The molecule has 4 nitrogen and oxygen atoms in total. The fraction of sp³-hybridized carbons (Fsp3) is 0.667. The van der Waals surface area contributed by atoms with Crippen LogP contribution in [-0.2, 0) is 19.0 Å². The molecule has 2 aromatic heterocycles. The zero-order chi connectivity index (χ0) is 14.9. The molecule has 2 rings (SSSR count). The Morgan fingerprint density at radius 3 is 2.55 bits per heavy atom. The van der Waals surface area contributed by atoms with Gasteiger partial charge in [0.05, 0.1) is 11.6 Å². The molecule has 0 atom stereocenters. The summed E-state index contributed by atoms with van der Waals surface area (Å²) in [5.41, 5.74) is 2.24. The summed E-state index contributed by atoms with van der Waals surface area (Å²) in [6, 6.07) is 0. The Bertz CT molecular complexity index is 600. The number of fused-ring (bicyclic) bond motifs is 1. The number of aryl methyl sites for hydroxylation is 3. The lowest BCUT2D eigenvalue weighted by Gasteiger charge is -2.10. The van der Waals surface area contributed by atoms with Gasteiger partial charge in [-0.1, -0.05) is 0 Å². The number of rotatable bonds is 5. The van der Waals surface area contributed by atoms with Crippen LogP contribution in [0.15, 0.2) is 0 Å². The van der Waals surface area contributed by atoms with Crippen LogP contribution in [0.1, 0.15) is 31.3 Å². The van der Waals surface area contributed by atoms with E-state index in [0.717, 1.165) is 16.9 Å². The normalized spacial score (nSPS) is 12.5. The minimum atomic E-state index is -4.14. The van der Waals surface area contributed by atoms with E-state index in [1.54, 1.807) is 9.25 Å². The van der Waals surface area contributed by atoms with Crippen molar-refractivity contribution in [3.05, 3.63) is 11.5 Å². The number of halogens is 4. The first-order valence-electron chi connectivity index (χ1n) is 6.42. The van der Waals surface area contributed by atoms with Crippen LogP contribution >= 0.6 is 11.6 Å². The van der Waals surface area contributed by atoms with Gasteiger partial charge in [-0.25, -0.2) is 9.67 Å². The molecule has 2 heterocycles. The van der Waals surface area contributed by atoms with E-state index in [1.807, 2.05) is 13.8 Å². The summed E-state index contributed by atoms with van der Waals surface area (Å²) in [5, 5.41) is 4.33. The van der Waals surface area contributed by atoms with Gasteiger partial charge in [0.2, 0.25) is 0 Å². The SMILES string of the molecule is CCn1nc(C)c2nc(CCl)n(CCCC(F)(F)F)c21. The maximum absolute atomic E-state index is 12.3. The Labute approximate surface area is 119 Å². The maximum atomic E-state index is 12.3. The molecule has 0 saturated carbocycles. The Hall–Kier alpha value is -1.24. The molecule has 0 aliphatic heterocycles. The third kappa shape index (κ3) is 2.92. The van der Waals surface area contributed by atoms with E-state index in [2.05, 4.69) is 10.1 Å². The van der Waals surface area contributed by atoms with Crippen LogP contribution in [-0.4, -0.2) is 25.5 Å². The Morgan fingerprint density at radius 1 is 1.30 bits per heavy atom. The first-order valence-corrected chi connectivity index (χ1v) is 6.96. The molecule has 0 N–H and O–H groups in total. The van der Waals surface area contributed by atoms with Gasteiger partial charge in [-0.3, -0.25) is 0 Å². The maximum Gasteiger partial charge on any atom is 0.389 e. The summed E-state index contributed by atoms with van der Waals surface area (Å²) in [6.45, 7) is 4.64. The molecule has 8 heteroatoms. The van der Waals surface area contributed by atoms with Crippen molar-refractivity contribution in [1.29, 1.82) is 0 Å². The summed E-state index contributed by atoms with van der Waals surface area (Å²) in [5.74, 6) is 0.760. The van der Waals surface area contributed by atoms with Crippen molar-refractivity contribution in [3.63, 3.8) is 0 Å². The predicted molar refractivity (Wildman–Crippen MR) is 70.8 cm³/mol. The van der Waals surface area contributed by atoms with Crippen molar-refractivity contribution < 1.29 is 13.2 Å². The van der Waals surface area contributed by atoms with E-state index in [0.29, 0.717) is 12.4 Å². The fourth-order valence-electron chi connectivity index (χ4n) is 2.26. The standard InChI is InChI=1S/C12H16ClF3N4/c1-3-20-11-10(8(2)18-20)17-9(7-13)19(11)6-4-5-12(14,15)16/h3-7H2,1-2H3. The third-order valence-corrected chi connectivity index (χ3v) is 3.38. The van der Waals surface area contributed by atoms with Crippen molar-refractivity contribution in [2.45, 2.75) is 51.8 Å². The molecule has 0 fully saturated rings. The van der Waals surface area contributed by atoms with Crippen LogP contribution in [0.2, 0.25) is 0 Å². The Kier molecular flexibility index (Phi) is 4.27. The summed E-state index contributed by atoms with van der Waals surface area (Å²) in [4.78, 5) is 4.38. The number of aromatic nitrogens is 4. The van der Waals surface area contributed by atoms with Gasteiger partial charge in [0.1, 0.15) is 11.3 Å². The molecule has 2 aromatic rings. The molecular weight excluding hydrogens is 293 g/mol. The molecule has 20 heavy (non-hydrogen) atoms. The fourth-order valence-corrected chi connectivity index (χ4v) is 2.47. The van der Waals surface area contributed by atoms with Crippen LogP contribution in [0, 0.1) is 6.92 Å². The summed E-state index contributed by atoms with van der Waals surface area (Å²) < 4.78 is 40.3. The van der Waals surface area contributed by atoms with Gasteiger partial charge in [-0.2, -0.15) is 18.3 Å². The molecule has 0 bridgehead atoms. The van der Waals surface area contributed by atoms with Crippen molar-refractivity contribution >= 4 is 22.8 Å². The van der Waals surface area contributed by atoms with Gasteiger partial charge >= 0.3 is 6.18 Å². The lowest BCUT2D eigenvalue weighted by atomic mass is 10.3. The van der Waals surface area contributed by atoms with Gasteiger partial charge in [0.15, 0.2) is 5.65 Å². The van der Waals surface area contributed by atoms with Crippen molar-refractivity contribution in [1.82, 2.24) is 19.3 Å². The zero-order valence-electron chi connectivity index (χ0n) is 11.3. The van der Waals surface area contributed by atoms with Crippen LogP contribution in [0.3, 0.4) is 0 Å². The van der Waals surface area contributed by atoms with E-state index in [9.17, 15) is 13.2 Å². The smallest absolute Gasteiger partial charge is 0.312 e. The van der Waals surface area contributed by atoms with E-state index < -0.39 is 12.6 Å². The summed E-state index contributed by atoms with van der Waals surface area (Å²) in [6.07, 6.45) is -4.94. The average molecular weight is 309 g/mol. The van der Waals surface area contributed by atoms with Crippen LogP contribution in [0.25, 0.3) is 11.2 Å². The monoisotopic (exact) mass is 308 g/mol. The van der Waals surface area contributed by atoms with Crippen molar-refractivity contribution in [2.75, 3.05) is 0 Å². The molecular formula is C12H16ClF3N4. The van der Waals surface area contributed by atoms with Crippen molar-refractivity contribution in [3.8, 4) is 0 Å². The van der Waals surface area contributed by atoms with Gasteiger partial charge in [-0.15, -0.1) is 11.6 Å². The first-order chi connectivity index (χ1) is 9.37. The quantitative estimate of drug-likeness (QED) is 0.791. The number of nitrogens with zero attached hydrogens (tertiary/aromatic N) is 4. The second kappa shape index (κ2) is 5.63. The van der Waals surface area contributed by atoms with Gasteiger partial charge in [0.25, 0.3) is 0 Å². The van der Waals surface area contributed by atoms with Gasteiger partial charge in [0, 0.05) is 19.5 Å². The average Bonchev–Trinajstić information content (AvgIpc) is 2.87. The second-order valence-corrected chi connectivity index (χ2v) is 4.87. The predicted octanol–water partition coefficient (Wildman–Crippen LogP) is 3.64. The molecule has 0 saturated heterocycles. The lowest BCUT2D eigenvalue weighted by Crippen LogP contribution is -2.12. The molecule has 0 amide bonds. The Morgan fingerprint density at radius 2 is 2.00 bits per heavy atom. The number of imidazole rings is 1. The minimum Gasteiger partial charge on any atom is -0.312 e. The van der Waals surface area contributed by atoms with Crippen molar-refractivity contribution in [2.24, 2.45) is 0 Å². The second-order valence-electron chi connectivity index (χ2n) is 4.61. The van der Waals surface area contributed by atoms with Gasteiger partial charge in [-0.05, 0) is 20.3 Å². The zero-order valence-corrected chi connectivity index (χ0v) is 12.1. The van der Waals surface area contributed by atoms with E-state index in [1.165, 1.54) is 0 Å². The van der Waals surface area contributed by atoms with Gasteiger partial charge < -0.3 is 4.57 Å². The number of alkyl halides is 4. The highest BCUT2D eigenvalue weighted by Gasteiger charge is 2.27. The molecule has 0 aromatic carbocycles. The molecule has 0 spiro atoms. The molecule has 0 radical (unpaired) electrons. The third-order valence-electron chi connectivity index (χ3n) is 3.14. The number of hydrogen-bond acceptors (Lipinski definition) is 2. The topological polar surface area (TPSA) is 35.6 Å². The molecule has 0 unspecified atom stereocenters. The van der Waals surface area contributed by atoms with E-state index in [4.69, 9.17) is 11.6 Å². The Balaban J connectivity index is 2.34. The number of hydrogen-bond donors (Lipinski definition) is 0. The molecule has 0 aliphatic carbocycles. The van der Waals surface area contributed by atoms with Crippen LogP contribution in [0.5, 0.6) is 0 Å². The minimum absolute atomic E-state index is 0.00674. The summed E-state index contributed by atoms with van der Waals surface area (Å²) in [7, 11) is 0. The van der Waals surface area contributed by atoms with Crippen LogP contribution < -0.4 is 0 Å². The highest BCUT2D eigenvalue weighted by Crippen LogP contribution is 2.25. The highest BCUT2D eigenvalue weighted by molar-refractivity contribution is 6.16. The molecule has 112 valence electrons. The van der Waals surface area contributed by atoms with Crippen LogP contribution in [0.4, 0.5) is 13.2 Å².